The first-order valence-electron chi connectivity index (χ1n) is 3.90. The third-order valence-corrected chi connectivity index (χ3v) is 2.13. The molecule has 0 spiro atoms. The highest BCUT2D eigenvalue weighted by Crippen LogP contribution is 2.19. The van der Waals surface area contributed by atoms with Crippen LogP contribution in [0, 0.1) is 0 Å². The van der Waals surface area contributed by atoms with E-state index in [1.807, 2.05) is 7.05 Å². The fourth-order valence-electron chi connectivity index (χ4n) is 1.45. The van der Waals surface area contributed by atoms with Crippen LogP contribution in [-0.4, -0.2) is 7.05 Å². The van der Waals surface area contributed by atoms with Crippen molar-refractivity contribution in [2.75, 3.05) is 12.4 Å². The van der Waals surface area contributed by atoms with Crippen LogP contribution < -0.4 is 10.6 Å². The summed E-state index contributed by atoms with van der Waals surface area (Å²) in [6, 6.07) is 6.50. The molecule has 2 rings (SSSR count). The highest BCUT2D eigenvalue weighted by Gasteiger charge is 2.08. The number of halogens is 2. The number of rotatable bonds is 1. The molecule has 1 heterocycles. The molecule has 1 aromatic carbocycles. The summed E-state index contributed by atoms with van der Waals surface area (Å²) in [6.45, 7) is 2.05. The van der Waals surface area contributed by atoms with E-state index >= 15 is 0 Å². The minimum absolute atomic E-state index is 0. The maximum Gasteiger partial charge on any atom is 0.0341 e. The highest BCUT2D eigenvalue weighted by molar-refractivity contribution is 5.85. The lowest BCUT2D eigenvalue weighted by molar-refractivity contribution is 0.765. The van der Waals surface area contributed by atoms with Gasteiger partial charge in [0.05, 0.1) is 0 Å². The van der Waals surface area contributed by atoms with Gasteiger partial charge in [-0.25, -0.2) is 0 Å². The zero-order valence-electron chi connectivity index (χ0n) is 7.46. The van der Waals surface area contributed by atoms with Crippen LogP contribution >= 0.6 is 24.8 Å². The number of hydrogen-bond acceptors (Lipinski definition) is 2. The van der Waals surface area contributed by atoms with Crippen LogP contribution in [0.25, 0.3) is 0 Å². The van der Waals surface area contributed by atoms with Gasteiger partial charge in [0.2, 0.25) is 0 Å². The number of fused-ring (bicyclic) bond motifs is 1. The Balaban J connectivity index is 0.000000720. The molecule has 0 aliphatic carbocycles. The highest BCUT2D eigenvalue weighted by atomic mass is 35.5. The summed E-state index contributed by atoms with van der Waals surface area (Å²) in [6.07, 6.45) is 0. The fraction of sp³-hybridized carbons (Fsp3) is 0.333. The monoisotopic (exact) mass is 220 g/mol. The average molecular weight is 221 g/mol. The molecular formula is C9H14Cl2N2. The Morgan fingerprint density at radius 2 is 1.85 bits per heavy atom. The average Bonchev–Trinajstić information content (AvgIpc) is 2.50. The zero-order chi connectivity index (χ0) is 7.68. The predicted molar refractivity (Wildman–Crippen MR) is 61.0 cm³/mol. The molecule has 0 radical (unpaired) electrons. The molecule has 0 saturated carbocycles. The first kappa shape index (κ1) is 12.6. The molecule has 2 nitrogen and oxygen atoms in total. The molecule has 0 fully saturated rings. The molecule has 0 atom stereocenters. The van der Waals surface area contributed by atoms with Gasteiger partial charge in [-0.2, -0.15) is 0 Å². The lowest BCUT2D eigenvalue weighted by Gasteiger charge is -2.01. The standard InChI is InChI=1S/C9H12N2.2ClH/c1-10-9-3-2-7-5-11-6-8(7)4-9;;/h2-4,10-11H,5-6H2,1H3;2*1H. The Labute approximate surface area is 90.9 Å². The van der Waals surface area contributed by atoms with Crippen LogP contribution in [0.5, 0.6) is 0 Å². The van der Waals surface area contributed by atoms with E-state index < -0.39 is 0 Å². The zero-order valence-corrected chi connectivity index (χ0v) is 9.10. The van der Waals surface area contributed by atoms with E-state index in [0.717, 1.165) is 13.1 Å². The number of nitrogens with one attached hydrogen (secondary N) is 2. The van der Waals surface area contributed by atoms with E-state index in [9.17, 15) is 0 Å². The Morgan fingerprint density at radius 3 is 2.54 bits per heavy atom. The second-order valence-corrected chi connectivity index (χ2v) is 2.84. The van der Waals surface area contributed by atoms with E-state index in [1.165, 1.54) is 16.8 Å². The normalized spacial score (nSPS) is 12.4. The Bertz CT molecular complexity index is 276. The summed E-state index contributed by atoms with van der Waals surface area (Å²) in [5, 5.41) is 6.44. The van der Waals surface area contributed by atoms with Crippen LogP contribution in [0.3, 0.4) is 0 Å². The molecule has 13 heavy (non-hydrogen) atoms. The van der Waals surface area contributed by atoms with E-state index in [1.54, 1.807) is 0 Å². The number of hydrogen-bond donors (Lipinski definition) is 2. The third-order valence-electron chi connectivity index (χ3n) is 2.13. The van der Waals surface area contributed by atoms with Crippen molar-refractivity contribution in [2.45, 2.75) is 13.1 Å². The molecule has 0 saturated heterocycles. The van der Waals surface area contributed by atoms with Gasteiger partial charge in [-0.3, -0.25) is 0 Å². The largest absolute Gasteiger partial charge is 0.388 e. The Hall–Kier alpha value is -0.440. The van der Waals surface area contributed by atoms with E-state index in [0.29, 0.717) is 0 Å². The summed E-state index contributed by atoms with van der Waals surface area (Å²) < 4.78 is 0. The molecule has 0 amide bonds. The van der Waals surface area contributed by atoms with Crippen molar-refractivity contribution in [3.8, 4) is 0 Å². The van der Waals surface area contributed by atoms with Gasteiger partial charge in [0, 0.05) is 25.8 Å². The molecule has 1 aromatic rings. The summed E-state index contributed by atoms with van der Waals surface area (Å²) in [5.74, 6) is 0. The Kier molecular flexibility index (Phi) is 5.14. The summed E-state index contributed by atoms with van der Waals surface area (Å²) in [4.78, 5) is 0. The van der Waals surface area contributed by atoms with E-state index in [4.69, 9.17) is 0 Å². The maximum absolute atomic E-state index is 3.31. The van der Waals surface area contributed by atoms with E-state index in [2.05, 4.69) is 28.8 Å². The first-order chi connectivity index (χ1) is 5.40. The molecule has 0 bridgehead atoms. The molecule has 0 aromatic heterocycles. The maximum atomic E-state index is 3.31. The van der Waals surface area contributed by atoms with Gasteiger partial charge in [-0.05, 0) is 23.3 Å². The number of anilines is 1. The van der Waals surface area contributed by atoms with Crippen LogP contribution in [0.15, 0.2) is 18.2 Å². The predicted octanol–water partition coefficient (Wildman–Crippen LogP) is 2.18. The first-order valence-corrected chi connectivity index (χ1v) is 3.90. The second kappa shape index (κ2) is 5.32. The number of benzene rings is 1. The lowest BCUT2D eigenvalue weighted by atomic mass is 10.1. The van der Waals surface area contributed by atoms with Gasteiger partial charge in [-0.15, -0.1) is 24.8 Å². The summed E-state index contributed by atoms with van der Waals surface area (Å²) in [5.41, 5.74) is 4.06. The molecule has 2 N–H and O–H groups in total. The van der Waals surface area contributed by atoms with Crippen molar-refractivity contribution in [1.29, 1.82) is 0 Å². The van der Waals surface area contributed by atoms with Gasteiger partial charge in [0.1, 0.15) is 0 Å². The minimum Gasteiger partial charge on any atom is -0.388 e. The third kappa shape index (κ3) is 2.50. The van der Waals surface area contributed by atoms with Crippen molar-refractivity contribution < 1.29 is 0 Å². The van der Waals surface area contributed by atoms with E-state index in [-0.39, 0.29) is 24.8 Å². The fourth-order valence-corrected chi connectivity index (χ4v) is 1.45. The van der Waals surface area contributed by atoms with Crippen LogP contribution in [-0.2, 0) is 13.1 Å². The molecule has 1 aliphatic heterocycles. The molecule has 1 aliphatic rings. The van der Waals surface area contributed by atoms with Gasteiger partial charge in [0.15, 0.2) is 0 Å². The van der Waals surface area contributed by atoms with Crippen molar-refractivity contribution in [3.05, 3.63) is 29.3 Å². The Morgan fingerprint density at radius 1 is 1.15 bits per heavy atom. The molecule has 74 valence electrons. The molecular weight excluding hydrogens is 207 g/mol. The van der Waals surface area contributed by atoms with Crippen LogP contribution in [0.1, 0.15) is 11.1 Å². The van der Waals surface area contributed by atoms with Crippen molar-refractivity contribution in [3.63, 3.8) is 0 Å². The minimum atomic E-state index is 0. The van der Waals surface area contributed by atoms with Gasteiger partial charge in [-0.1, -0.05) is 6.07 Å². The molecule has 4 heteroatoms. The van der Waals surface area contributed by atoms with Crippen LogP contribution in [0.4, 0.5) is 5.69 Å². The second-order valence-electron chi connectivity index (χ2n) is 2.84. The van der Waals surface area contributed by atoms with Crippen molar-refractivity contribution in [1.82, 2.24) is 5.32 Å². The van der Waals surface area contributed by atoms with Gasteiger partial charge in [0.25, 0.3) is 0 Å². The van der Waals surface area contributed by atoms with Crippen LogP contribution in [0.2, 0.25) is 0 Å². The summed E-state index contributed by atoms with van der Waals surface area (Å²) >= 11 is 0. The quantitative estimate of drug-likeness (QED) is 0.759. The topological polar surface area (TPSA) is 24.1 Å². The smallest absolute Gasteiger partial charge is 0.0341 e. The lowest BCUT2D eigenvalue weighted by Crippen LogP contribution is -1.99. The van der Waals surface area contributed by atoms with Crippen molar-refractivity contribution in [2.24, 2.45) is 0 Å². The van der Waals surface area contributed by atoms with Gasteiger partial charge >= 0.3 is 0 Å². The van der Waals surface area contributed by atoms with Gasteiger partial charge < -0.3 is 10.6 Å². The SMILES string of the molecule is CNc1ccc2c(c1)CNC2.Cl.Cl. The summed E-state index contributed by atoms with van der Waals surface area (Å²) in [7, 11) is 1.95. The van der Waals surface area contributed by atoms with Crippen molar-refractivity contribution >= 4 is 30.5 Å². The molecule has 0 unspecified atom stereocenters.